The first-order valence-electron chi connectivity index (χ1n) is 4.48. The molecule has 3 nitrogen and oxygen atoms in total. The Labute approximate surface area is 99.6 Å². The molecule has 90 valence electrons. The zero-order valence-electron chi connectivity index (χ0n) is 8.55. The summed E-state index contributed by atoms with van der Waals surface area (Å²) < 4.78 is 36.6. The van der Waals surface area contributed by atoms with Crippen LogP contribution in [0.15, 0.2) is 16.7 Å². The third kappa shape index (κ3) is 3.88. The molecule has 16 heavy (non-hydrogen) atoms. The maximum Gasteiger partial charge on any atom is 0.390 e. The van der Waals surface area contributed by atoms with E-state index in [2.05, 4.69) is 20.9 Å². The van der Waals surface area contributed by atoms with E-state index in [1.165, 1.54) is 11.1 Å². The molecule has 1 heterocycles. The zero-order valence-corrected chi connectivity index (χ0v) is 10.1. The Kier molecular flexibility index (Phi) is 4.01. The minimum Gasteiger partial charge on any atom is -0.397 e. The number of hydrogen-bond donors (Lipinski definition) is 1. The maximum atomic E-state index is 12.0. The number of rotatable bonds is 3. The highest BCUT2D eigenvalue weighted by Crippen LogP contribution is 2.26. The molecule has 0 aliphatic heterocycles. The van der Waals surface area contributed by atoms with Crippen LogP contribution in [0.2, 0.25) is 0 Å². The molecular weight excluding hydrogens is 287 g/mol. The molecule has 7 heteroatoms. The van der Waals surface area contributed by atoms with Crippen LogP contribution in [0.5, 0.6) is 0 Å². The van der Waals surface area contributed by atoms with Gasteiger partial charge < -0.3 is 10.6 Å². The van der Waals surface area contributed by atoms with Crippen LogP contribution in [-0.2, 0) is 0 Å². The zero-order chi connectivity index (χ0) is 12.3. The van der Waals surface area contributed by atoms with Crippen molar-refractivity contribution in [2.75, 3.05) is 24.2 Å². The first-order chi connectivity index (χ1) is 7.29. The summed E-state index contributed by atoms with van der Waals surface area (Å²) >= 11 is 3.20. The fraction of sp³-hybridized carbons (Fsp3) is 0.444. The lowest BCUT2D eigenvalue weighted by molar-refractivity contribution is -0.132. The van der Waals surface area contributed by atoms with Gasteiger partial charge in [-0.15, -0.1) is 0 Å². The van der Waals surface area contributed by atoms with Crippen LogP contribution >= 0.6 is 15.9 Å². The smallest absolute Gasteiger partial charge is 0.390 e. The van der Waals surface area contributed by atoms with Gasteiger partial charge in [0.1, 0.15) is 5.82 Å². The number of anilines is 2. The monoisotopic (exact) mass is 297 g/mol. The van der Waals surface area contributed by atoms with E-state index in [4.69, 9.17) is 5.73 Å². The Bertz CT molecular complexity index is 368. The molecule has 0 fully saturated rings. The fourth-order valence-electron chi connectivity index (χ4n) is 1.13. The second-order valence-electron chi connectivity index (χ2n) is 3.36. The lowest BCUT2D eigenvalue weighted by Crippen LogP contribution is -2.25. The highest BCUT2D eigenvalue weighted by Gasteiger charge is 2.27. The van der Waals surface area contributed by atoms with Crippen molar-refractivity contribution in [3.63, 3.8) is 0 Å². The van der Waals surface area contributed by atoms with Crippen LogP contribution < -0.4 is 10.6 Å². The normalized spacial score (nSPS) is 11.6. The van der Waals surface area contributed by atoms with Gasteiger partial charge in [-0.25, -0.2) is 4.98 Å². The van der Waals surface area contributed by atoms with Gasteiger partial charge >= 0.3 is 6.18 Å². The molecule has 0 atom stereocenters. The number of halogens is 4. The van der Waals surface area contributed by atoms with Gasteiger partial charge in [-0.2, -0.15) is 13.2 Å². The summed E-state index contributed by atoms with van der Waals surface area (Å²) in [7, 11) is 1.55. The predicted molar refractivity (Wildman–Crippen MR) is 60.3 cm³/mol. The summed E-state index contributed by atoms with van der Waals surface area (Å²) in [4.78, 5) is 5.39. The van der Waals surface area contributed by atoms with Gasteiger partial charge in [0, 0.05) is 13.6 Å². The van der Waals surface area contributed by atoms with Crippen molar-refractivity contribution in [3.05, 3.63) is 16.7 Å². The van der Waals surface area contributed by atoms with E-state index in [9.17, 15) is 13.2 Å². The molecule has 0 spiro atoms. The van der Waals surface area contributed by atoms with Gasteiger partial charge in [0.25, 0.3) is 0 Å². The SMILES string of the molecule is CN(CCC(F)(F)F)c1ncc(N)cc1Br. The van der Waals surface area contributed by atoms with Gasteiger partial charge in [-0.3, -0.25) is 0 Å². The van der Waals surface area contributed by atoms with E-state index >= 15 is 0 Å². The number of alkyl halides is 3. The molecule has 0 bridgehead atoms. The lowest BCUT2D eigenvalue weighted by Gasteiger charge is -2.20. The molecule has 0 unspecified atom stereocenters. The van der Waals surface area contributed by atoms with Crippen molar-refractivity contribution in [2.24, 2.45) is 0 Å². The highest BCUT2D eigenvalue weighted by atomic mass is 79.9. The molecule has 0 amide bonds. The third-order valence-corrected chi connectivity index (χ3v) is 2.52. The standard InChI is InChI=1S/C9H11BrF3N3/c1-16(3-2-9(11,12)13)8-7(10)4-6(14)5-15-8/h4-5H,2-3,14H2,1H3. The summed E-state index contributed by atoms with van der Waals surface area (Å²) in [6.07, 6.45) is -3.62. The first kappa shape index (κ1) is 13.1. The second-order valence-corrected chi connectivity index (χ2v) is 4.22. The first-order valence-corrected chi connectivity index (χ1v) is 5.28. The largest absolute Gasteiger partial charge is 0.397 e. The van der Waals surface area contributed by atoms with Crippen molar-refractivity contribution in [2.45, 2.75) is 12.6 Å². The second kappa shape index (κ2) is 4.90. The van der Waals surface area contributed by atoms with E-state index in [-0.39, 0.29) is 6.54 Å². The highest BCUT2D eigenvalue weighted by molar-refractivity contribution is 9.10. The Morgan fingerprint density at radius 1 is 1.50 bits per heavy atom. The molecular formula is C9H11BrF3N3. The maximum absolute atomic E-state index is 12.0. The van der Waals surface area contributed by atoms with Gasteiger partial charge in [0.05, 0.1) is 22.8 Å². The topological polar surface area (TPSA) is 42.2 Å². The molecule has 0 saturated heterocycles. The molecule has 0 aliphatic carbocycles. The lowest BCUT2D eigenvalue weighted by atomic mass is 10.3. The van der Waals surface area contributed by atoms with Crippen LogP contribution in [0.25, 0.3) is 0 Å². The van der Waals surface area contributed by atoms with Crippen molar-refractivity contribution >= 4 is 27.4 Å². The number of nitrogens with two attached hydrogens (primary N) is 1. The van der Waals surface area contributed by atoms with Crippen LogP contribution in [0, 0.1) is 0 Å². The van der Waals surface area contributed by atoms with E-state index in [1.807, 2.05) is 0 Å². The predicted octanol–water partition coefficient (Wildman–Crippen LogP) is 2.81. The average Bonchev–Trinajstić information content (AvgIpc) is 2.13. The number of aromatic nitrogens is 1. The van der Waals surface area contributed by atoms with Crippen molar-refractivity contribution in [3.8, 4) is 0 Å². The summed E-state index contributed by atoms with van der Waals surface area (Å²) in [5.41, 5.74) is 5.94. The van der Waals surface area contributed by atoms with Crippen molar-refractivity contribution < 1.29 is 13.2 Å². The van der Waals surface area contributed by atoms with E-state index in [0.29, 0.717) is 16.0 Å². The Morgan fingerprint density at radius 3 is 2.62 bits per heavy atom. The van der Waals surface area contributed by atoms with Gasteiger partial charge in [0.2, 0.25) is 0 Å². The molecule has 0 radical (unpaired) electrons. The van der Waals surface area contributed by atoms with E-state index in [0.717, 1.165) is 0 Å². The summed E-state index contributed by atoms with van der Waals surface area (Å²) in [5.74, 6) is 0.443. The molecule has 0 aliphatic rings. The fourth-order valence-corrected chi connectivity index (χ4v) is 1.80. The van der Waals surface area contributed by atoms with Crippen LogP contribution in [0.4, 0.5) is 24.7 Å². The molecule has 1 aromatic rings. The third-order valence-electron chi connectivity index (χ3n) is 1.94. The quantitative estimate of drug-likeness (QED) is 0.933. The van der Waals surface area contributed by atoms with Crippen molar-refractivity contribution in [1.82, 2.24) is 4.98 Å². The van der Waals surface area contributed by atoms with Crippen LogP contribution in [0.1, 0.15) is 6.42 Å². The van der Waals surface area contributed by atoms with Gasteiger partial charge in [-0.05, 0) is 22.0 Å². The summed E-state index contributed by atoms with van der Waals surface area (Å²) in [6, 6.07) is 1.60. The summed E-state index contributed by atoms with van der Waals surface area (Å²) in [5, 5.41) is 0. The molecule has 1 rings (SSSR count). The number of hydrogen-bond acceptors (Lipinski definition) is 3. The Balaban J connectivity index is 2.70. The Morgan fingerprint density at radius 2 is 2.12 bits per heavy atom. The minimum absolute atomic E-state index is 0.140. The van der Waals surface area contributed by atoms with E-state index < -0.39 is 12.6 Å². The van der Waals surface area contributed by atoms with Crippen LogP contribution in [0.3, 0.4) is 0 Å². The van der Waals surface area contributed by atoms with Gasteiger partial charge in [0.15, 0.2) is 0 Å². The average molecular weight is 298 g/mol. The van der Waals surface area contributed by atoms with Crippen molar-refractivity contribution in [1.29, 1.82) is 0 Å². The number of nitrogens with zero attached hydrogens (tertiary/aromatic N) is 2. The summed E-state index contributed by atoms with van der Waals surface area (Å²) in [6.45, 7) is -0.140. The van der Waals surface area contributed by atoms with E-state index in [1.54, 1.807) is 13.1 Å². The molecule has 1 aromatic heterocycles. The molecule has 0 aromatic carbocycles. The number of pyridine rings is 1. The van der Waals surface area contributed by atoms with Gasteiger partial charge in [-0.1, -0.05) is 0 Å². The Hall–Kier alpha value is -0.980. The molecule has 2 N–H and O–H groups in total. The number of nitrogen functional groups attached to an aromatic ring is 1. The molecule has 0 saturated carbocycles. The minimum atomic E-state index is -4.16. The van der Waals surface area contributed by atoms with Crippen LogP contribution in [-0.4, -0.2) is 24.8 Å².